The second-order valence-electron chi connectivity index (χ2n) is 4.76. The van der Waals surface area contributed by atoms with Crippen molar-refractivity contribution >= 4 is 21.6 Å². The third kappa shape index (κ3) is 4.99. The SMILES string of the molecule is CC(CCl)CS(=O)(=O)NC1CCCN(C)C1. The van der Waals surface area contributed by atoms with Crippen LogP contribution >= 0.6 is 11.6 Å². The molecule has 1 saturated heterocycles. The van der Waals surface area contributed by atoms with E-state index in [2.05, 4.69) is 9.62 Å². The summed E-state index contributed by atoms with van der Waals surface area (Å²) in [6.07, 6.45) is 1.98. The molecule has 0 aromatic heterocycles. The second kappa shape index (κ2) is 6.19. The van der Waals surface area contributed by atoms with E-state index in [1.54, 1.807) is 0 Å². The van der Waals surface area contributed by atoms with Crippen LogP contribution in [-0.2, 0) is 10.0 Å². The molecule has 1 aliphatic heterocycles. The number of sulfonamides is 1. The zero-order valence-corrected chi connectivity index (χ0v) is 11.5. The highest BCUT2D eigenvalue weighted by atomic mass is 35.5. The summed E-state index contributed by atoms with van der Waals surface area (Å²) in [4.78, 5) is 2.15. The van der Waals surface area contributed by atoms with E-state index in [1.807, 2.05) is 14.0 Å². The minimum atomic E-state index is -3.18. The maximum absolute atomic E-state index is 11.8. The molecule has 16 heavy (non-hydrogen) atoms. The summed E-state index contributed by atoms with van der Waals surface area (Å²) in [6.45, 7) is 3.70. The van der Waals surface area contributed by atoms with Crippen LogP contribution in [0, 0.1) is 5.92 Å². The summed E-state index contributed by atoms with van der Waals surface area (Å²) in [5, 5.41) is 0. The number of rotatable bonds is 5. The first kappa shape index (κ1) is 14.2. The lowest BCUT2D eigenvalue weighted by Crippen LogP contribution is -2.47. The molecular formula is C10H21ClN2O2S. The summed E-state index contributed by atoms with van der Waals surface area (Å²) < 4.78 is 26.3. The molecule has 1 aliphatic rings. The van der Waals surface area contributed by atoms with Crippen LogP contribution in [0.25, 0.3) is 0 Å². The normalized spacial score (nSPS) is 25.6. The van der Waals surface area contributed by atoms with Gasteiger partial charge >= 0.3 is 0 Å². The molecule has 2 unspecified atom stereocenters. The second-order valence-corrected chi connectivity index (χ2v) is 6.87. The standard InChI is InChI=1S/C10H21ClN2O2S/c1-9(6-11)8-16(14,15)12-10-4-3-5-13(2)7-10/h9-10,12H,3-8H2,1-2H3. The molecule has 4 nitrogen and oxygen atoms in total. The molecule has 0 saturated carbocycles. The molecule has 0 radical (unpaired) electrons. The Bertz CT molecular complexity index is 308. The number of alkyl halides is 1. The van der Waals surface area contributed by atoms with Crippen LogP contribution in [-0.4, -0.2) is 51.1 Å². The van der Waals surface area contributed by atoms with Crippen molar-refractivity contribution in [1.29, 1.82) is 0 Å². The van der Waals surface area contributed by atoms with Gasteiger partial charge in [-0.2, -0.15) is 0 Å². The minimum Gasteiger partial charge on any atom is -0.305 e. The third-order valence-electron chi connectivity index (χ3n) is 2.74. The van der Waals surface area contributed by atoms with Crippen LogP contribution in [0.2, 0.25) is 0 Å². The molecule has 1 N–H and O–H groups in total. The summed E-state index contributed by atoms with van der Waals surface area (Å²) in [7, 11) is -1.16. The number of hydrogen-bond acceptors (Lipinski definition) is 3. The van der Waals surface area contributed by atoms with Crippen LogP contribution < -0.4 is 4.72 Å². The molecule has 0 aromatic rings. The van der Waals surface area contributed by atoms with Crippen LogP contribution in [0.5, 0.6) is 0 Å². The highest BCUT2D eigenvalue weighted by molar-refractivity contribution is 7.89. The fraction of sp³-hybridized carbons (Fsp3) is 1.00. The van der Waals surface area contributed by atoms with Crippen LogP contribution in [0.1, 0.15) is 19.8 Å². The van der Waals surface area contributed by atoms with Gasteiger partial charge in [-0.3, -0.25) is 0 Å². The Morgan fingerprint density at radius 3 is 2.81 bits per heavy atom. The monoisotopic (exact) mass is 268 g/mol. The van der Waals surface area contributed by atoms with E-state index < -0.39 is 10.0 Å². The van der Waals surface area contributed by atoms with Crippen molar-refractivity contribution in [2.45, 2.75) is 25.8 Å². The van der Waals surface area contributed by atoms with E-state index in [0.29, 0.717) is 5.88 Å². The summed E-state index contributed by atoms with van der Waals surface area (Å²) in [6, 6.07) is 0.0614. The first-order chi connectivity index (χ1) is 7.43. The molecule has 0 spiro atoms. The summed E-state index contributed by atoms with van der Waals surface area (Å²) in [5.41, 5.74) is 0. The summed E-state index contributed by atoms with van der Waals surface area (Å²) >= 11 is 5.62. The predicted octanol–water partition coefficient (Wildman–Crippen LogP) is 0.875. The van der Waals surface area contributed by atoms with Gasteiger partial charge in [0.15, 0.2) is 0 Å². The number of likely N-dealkylation sites (tertiary alicyclic amines) is 1. The molecule has 0 aliphatic carbocycles. The number of piperidine rings is 1. The molecule has 2 atom stereocenters. The van der Waals surface area contributed by atoms with Gasteiger partial charge < -0.3 is 4.90 Å². The van der Waals surface area contributed by atoms with Crippen LogP contribution in [0.3, 0.4) is 0 Å². The molecule has 0 amide bonds. The van der Waals surface area contributed by atoms with Gasteiger partial charge in [-0.25, -0.2) is 13.1 Å². The topological polar surface area (TPSA) is 49.4 Å². The molecule has 96 valence electrons. The highest BCUT2D eigenvalue weighted by Crippen LogP contribution is 2.10. The van der Waals surface area contributed by atoms with Crippen molar-refractivity contribution in [2.75, 3.05) is 31.8 Å². The lowest BCUT2D eigenvalue weighted by Gasteiger charge is -2.30. The highest BCUT2D eigenvalue weighted by Gasteiger charge is 2.23. The Morgan fingerprint density at radius 2 is 2.25 bits per heavy atom. The lowest BCUT2D eigenvalue weighted by atomic mass is 10.1. The molecule has 0 aromatic carbocycles. The number of halogens is 1. The van der Waals surface area contributed by atoms with Crippen molar-refractivity contribution in [1.82, 2.24) is 9.62 Å². The molecule has 1 fully saturated rings. The fourth-order valence-electron chi connectivity index (χ4n) is 1.98. The average Bonchev–Trinajstić information content (AvgIpc) is 2.15. The van der Waals surface area contributed by atoms with Crippen molar-refractivity contribution in [3.8, 4) is 0 Å². The molecule has 1 heterocycles. The minimum absolute atomic E-state index is 0.000451. The molecular weight excluding hydrogens is 248 g/mol. The van der Waals surface area contributed by atoms with E-state index in [1.165, 1.54) is 0 Å². The zero-order chi connectivity index (χ0) is 12.2. The van der Waals surface area contributed by atoms with Crippen molar-refractivity contribution in [3.63, 3.8) is 0 Å². The summed E-state index contributed by atoms with van der Waals surface area (Å²) in [5.74, 6) is 0.503. The first-order valence-corrected chi connectivity index (χ1v) is 7.86. The molecule has 6 heteroatoms. The lowest BCUT2D eigenvalue weighted by molar-refractivity contribution is 0.242. The van der Waals surface area contributed by atoms with Crippen molar-refractivity contribution in [3.05, 3.63) is 0 Å². The Labute approximate surface area is 103 Å². The Balaban J connectivity index is 2.45. The molecule has 0 bridgehead atoms. The van der Waals surface area contributed by atoms with E-state index in [0.717, 1.165) is 25.9 Å². The zero-order valence-electron chi connectivity index (χ0n) is 9.95. The predicted molar refractivity (Wildman–Crippen MR) is 67.3 cm³/mol. The molecule has 1 rings (SSSR count). The Kier molecular flexibility index (Phi) is 5.50. The fourth-order valence-corrected chi connectivity index (χ4v) is 3.89. The number of hydrogen-bond donors (Lipinski definition) is 1. The number of likely N-dealkylation sites (N-methyl/N-ethyl adjacent to an activating group) is 1. The first-order valence-electron chi connectivity index (χ1n) is 5.67. The van der Waals surface area contributed by atoms with Gasteiger partial charge in [0.2, 0.25) is 10.0 Å². The Hall–Kier alpha value is 0.160. The van der Waals surface area contributed by atoms with Crippen molar-refractivity contribution < 1.29 is 8.42 Å². The van der Waals surface area contributed by atoms with Gasteiger partial charge in [0, 0.05) is 18.5 Å². The number of nitrogens with zero attached hydrogens (tertiary/aromatic N) is 1. The van der Waals surface area contributed by atoms with E-state index in [4.69, 9.17) is 11.6 Å². The van der Waals surface area contributed by atoms with Gasteiger partial charge in [-0.1, -0.05) is 6.92 Å². The van der Waals surface area contributed by atoms with Crippen molar-refractivity contribution in [2.24, 2.45) is 5.92 Å². The van der Waals surface area contributed by atoms with E-state index in [9.17, 15) is 8.42 Å². The van der Waals surface area contributed by atoms with Gasteiger partial charge in [0.05, 0.1) is 5.75 Å². The quantitative estimate of drug-likeness (QED) is 0.753. The maximum atomic E-state index is 11.8. The van der Waals surface area contributed by atoms with Gasteiger partial charge in [-0.15, -0.1) is 11.6 Å². The Morgan fingerprint density at radius 1 is 1.56 bits per heavy atom. The smallest absolute Gasteiger partial charge is 0.212 e. The maximum Gasteiger partial charge on any atom is 0.212 e. The third-order valence-corrected chi connectivity index (χ3v) is 4.97. The van der Waals surface area contributed by atoms with Crippen LogP contribution in [0.4, 0.5) is 0 Å². The average molecular weight is 269 g/mol. The van der Waals surface area contributed by atoms with E-state index in [-0.39, 0.29) is 17.7 Å². The largest absolute Gasteiger partial charge is 0.305 e. The van der Waals surface area contributed by atoms with E-state index >= 15 is 0 Å². The van der Waals surface area contributed by atoms with Gasteiger partial charge in [0.25, 0.3) is 0 Å². The van der Waals surface area contributed by atoms with Gasteiger partial charge in [0.1, 0.15) is 0 Å². The van der Waals surface area contributed by atoms with Crippen LogP contribution in [0.15, 0.2) is 0 Å². The number of nitrogens with one attached hydrogen (secondary N) is 1. The van der Waals surface area contributed by atoms with Gasteiger partial charge in [-0.05, 0) is 32.4 Å².